The van der Waals surface area contributed by atoms with Gasteiger partial charge >= 0.3 is 0 Å². The number of aromatic nitrogens is 1. The summed E-state index contributed by atoms with van der Waals surface area (Å²) in [4.78, 5) is 14.4. The molecule has 0 saturated heterocycles. The number of nitrogens with two attached hydrogens (primary N) is 1. The van der Waals surface area contributed by atoms with E-state index in [1.807, 2.05) is 0 Å². The van der Waals surface area contributed by atoms with Crippen molar-refractivity contribution >= 4 is 39.3 Å². The van der Waals surface area contributed by atoms with Gasteiger partial charge in [0.25, 0.3) is 0 Å². The molecule has 0 aliphatic heterocycles. The number of carbonyl (C=O) groups excluding carboxylic acids is 1. The molecule has 0 spiro atoms. The van der Waals surface area contributed by atoms with Crippen LogP contribution in [0.4, 0.5) is 5.82 Å². The van der Waals surface area contributed by atoms with Crippen LogP contribution in [-0.4, -0.2) is 30.6 Å². The zero-order valence-electron chi connectivity index (χ0n) is 8.37. The van der Waals surface area contributed by atoms with Gasteiger partial charge in [0.2, 0.25) is 5.91 Å². The van der Waals surface area contributed by atoms with Crippen LogP contribution in [0.2, 0.25) is 5.02 Å². The summed E-state index contributed by atoms with van der Waals surface area (Å²) in [5.41, 5.74) is 4.91. The van der Waals surface area contributed by atoms with Crippen LogP contribution in [-0.2, 0) is 9.53 Å². The topological polar surface area (TPSA) is 77.2 Å². The van der Waals surface area contributed by atoms with Gasteiger partial charge in [-0.15, -0.1) is 0 Å². The first-order valence-electron chi connectivity index (χ1n) is 4.50. The van der Waals surface area contributed by atoms with Gasteiger partial charge < -0.3 is 15.8 Å². The highest BCUT2D eigenvalue weighted by Gasteiger charge is 2.01. The lowest BCUT2D eigenvalue weighted by Gasteiger charge is -2.07. The monoisotopic (exact) mass is 307 g/mol. The molecule has 0 atom stereocenters. The molecule has 3 N–H and O–H groups in total. The summed E-state index contributed by atoms with van der Waals surface area (Å²) in [6.07, 6.45) is 1.54. The Morgan fingerprint density at radius 3 is 3.06 bits per heavy atom. The third-order valence-corrected chi connectivity index (χ3v) is 2.40. The molecule has 0 aliphatic carbocycles. The molecule has 7 heteroatoms. The molecule has 88 valence electrons. The lowest BCUT2D eigenvalue weighted by Crippen LogP contribution is -2.20. The maximum atomic E-state index is 10.4. The van der Waals surface area contributed by atoms with E-state index in [0.29, 0.717) is 24.0 Å². The second kappa shape index (κ2) is 6.67. The molecule has 1 amide bonds. The quantitative estimate of drug-likeness (QED) is 0.779. The molecule has 1 rings (SSSR count). The molecule has 0 aliphatic rings. The van der Waals surface area contributed by atoms with Gasteiger partial charge in [-0.1, -0.05) is 11.6 Å². The van der Waals surface area contributed by atoms with Crippen molar-refractivity contribution in [3.05, 3.63) is 21.8 Å². The van der Waals surface area contributed by atoms with E-state index in [1.165, 1.54) is 0 Å². The van der Waals surface area contributed by atoms with Crippen LogP contribution >= 0.6 is 27.5 Å². The number of pyridine rings is 1. The Balaban J connectivity index is 2.29. The highest BCUT2D eigenvalue weighted by atomic mass is 79.9. The number of rotatable bonds is 6. The van der Waals surface area contributed by atoms with Crippen LogP contribution in [0.5, 0.6) is 0 Å². The Bertz CT molecular complexity index is 376. The molecule has 1 heterocycles. The Morgan fingerprint density at radius 1 is 1.69 bits per heavy atom. The normalized spacial score (nSPS) is 10.1. The first-order chi connectivity index (χ1) is 7.59. The molecule has 0 bridgehead atoms. The molecule has 1 aromatic heterocycles. The molecule has 1 aromatic rings. The van der Waals surface area contributed by atoms with Crippen molar-refractivity contribution in [3.63, 3.8) is 0 Å². The SMILES string of the molecule is NC(=O)COCCNc1ncc(Cl)cc1Br. The number of halogens is 2. The zero-order valence-corrected chi connectivity index (χ0v) is 10.7. The zero-order chi connectivity index (χ0) is 12.0. The van der Waals surface area contributed by atoms with Gasteiger partial charge in [0.15, 0.2) is 0 Å². The average Bonchev–Trinajstić information content (AvgIpc) is 2.20. The Hall–Kier alpha value is -0.850. The Kier molecular flexibility index (Phi) is 5.51. The van der Waals surface area contributed by atoms with Crippen molar-refractivity contribution < 1.29 is 9.53 Å². The van der Waals surface area contributed by atoms with Crippen LogP contribution in [0.3, 0.4) is 0 Å². The van der Waals surface area contributed by atoms with E-state index in [-0.39, 0.29) is 6.61 Å². The number of ether oxygens (including phenoxy) is 1. The van der Waals surface area contributed by atoms with Crippen LogP contribution < -0.4 is 11.1 Å². The van der Waals surface area contributed by atoms with Crippen molar-refractivity contribution in [1.29, 1.82) is 0 Å². The van der Waals surface area contributed by atoms with Crippen molar-refractivity contribution in [2.24, 2.45) is 5.73 Å². The van der Waals surface area contributed by atoms with Gasteiger partial charge in [0, 0.05) is 12.7 Å². The molecule has 0 saturated carbocycles. The molecule has 0 fully saturated rings. The summed E-state index contributed by atoms with van der Waals surface area (Å²) in [6, 6.07) is 1.74. The van der Waals surface area contributed by atoms with Crippen LogP contribution in [0.25, 0.3) is 0 Å². The van der Waals surface area contributed by atoms with Gasteiger partial charge in [0.1, 0.15) is 12.4 Å². The Labute approximate surface area is 106 Å². The summed E-state index contributed by atoms with van der Waals surface area (Å²) in [7, 11) is 0. The van der Waals surface area contributed by atoms with Gasteiger partial charge in [-0.05, 0) is 22.0 Å². The number of hydrogen-bond donors (Lipinski definition) is 2. The smallest absolute Gasteiger partial charge is 0.243 e. The summed E-state index contributed by atoms with van der Waals surface area (Å²) in [5.74, 6) is 0.192. The van der Waals surface area contributed by atoms with E-state index in [4.69, 9.17) is 22.1 Å². The van der Waals surface area contributed by atoms with Gasteiger partial charge in [0.05, 0.1) is 16.1 Å². The van der Waals surface area contributed by atoms with Gasteiger partial charge in [-0.2, -0.15) is 0 Å². The van der Waals surface area contributed by atoms with Crippen LogP contribution in [0.1, 0.15) is 0 Å². The van der Waals surface area contributed by atoms with Gasteiger partial charge in [-0.25, -0.2) is 4.98 Å². The van der Waals surface area contributed by atoms with Crippen molar-refractivity contribution in [1.82, 2.24) is 4.98 Å². The van der Waals surface area contributed by atoms with Crippen molar-refractivity contribution in [2.75, 3.05) is 25.1 Å². The molecule has 0 radical (unpaired) electrons. The largest absolute Gasteiger partial charge is 0.370 e. The van der Waals surface area contributed by atoms with E-state index in [0.717, 1.165) is 4.47 Å². The third-order valence-electron chi connectivity index (χ3n) is 1.59. The molecule has 0 unspecified atom stereocenters. The van der Waals surface area contributed by atoms with E-state index in [1.54, 1.807) is 12.3 Å². The van der Waals surface area contributed by atoms with Crippen molar-refractivity contribution in [3.8, 4) is 0 Å². The second-order valence-electron chi connectivity index (χ2n) is 2.93. The predicted octanol–water partition coefficient (Wildman–Crippen LogP) is 1.41. The number of nitrogens with zero attached hydrogens (tertiary/aromatic N) is 1. The third kappa shape index (κ3) is 4.78. The summed E-state index contributed by atoms with van der Waals surface area (Å²) >= 11 is 9.05. The van der Waals surface area contributed by atoms with Gasteiger partial charge in [-0.3, -0.25) is 4.79 Å². The number of anilines is 1. The number of primary amides is 1. The number of amides is 1. The summed E-state index contributed by atoms with van der Waals surface area (Å²) in [5, 5.41) is 3.58. The van der Waals surface area contributed by atoms with Crippen LogP contribution in [0.15, 0.2) is 16.7 Å². The summed E-state index contributed by atoms with van der Waals surface area (Å²) < 4.78 is 5.75. The second-order valence-corrected chi connectivity index (χ2v) is 4.22. The maximum absolute atomic E-state index is 10.4. The van der Waals surface area contributed by atoms with E-state index >= 15 is 0 Å². The van der Waals surface area contributed by atoms with Crippen molar-refractivity contribution in [2.45, 2.75) is 0 Å². The maximum Gasteiger partial charge on any atom is 0.243 e. The predicted molar refractivity (Wildman–Crippen MR) is 65.5 cm³/mol. The first kappa shape index (κ1) is 13.2. The standard InChI is InChI=1S/C9H11BrClN3O2/c10-7-3-6(11)4-14-9(7)13-1-2-16-5-8(12)15/h3-4H,1-2,5H2,(H2,12,15)(H,13,14). The molecular formula is C9H11BrClN3O2. The number of nitrogens with one attached hydrogen (secondary N) is 1. The highest BCUT2D eigenvalue weighted by molar-refractivity contribution is 9.10. The van der Waals surface area contributed by atoms with Crippen LogP contribution in [0, 0.1) is 0 Å². The molecule has 16 heavy (non-hydrogen) atoms. The minimum absolute atomic E-state index is 0.0725. The molecule has 5 nitrogen and oxygen atoms in total. The fraction of sp³-hybridized carbons (Fsp3) is 0.333. The number of hydrogen-bond acceptors (Lipinski definition) is 4. The number of carbonyl (C=O) groups is 1. The van der Waals surface area contributed by atoms with E-state index in [2.05, 4.69) is 26.2 Å². The lowest BCUT2D eigenvalue weighted by atomic mass is 10.4. The molecule has 0 aromatic carbocycles. The first-order valence-corrected chi connectivity index (χ1v) is 5.67. The highest BCUT2D eigenvalue weighted by Crippen LogP contribution is 2.22. The fourth-order valence-electron chi connectivity index (χ4n) is 0.959. The van der Waals surface area contributed by atoms with E-state index in [9.17, 15) is 4.79 Å². The minimum atomic E-state index is -0.481. The fourth-order valence-corrected chi connectivity index (χ4v) is 1.74. The van der Waals surface area contributed by atoms with E-state index < -0.39 is 5.91 Å². The average molecular weight is 309 g/mol. The molecular weight excluding hydrogens is 297 g/mol. The lowest BCUT2D eigenvalue weighted by molar-refractivity contribution is -0.122. The Morgan fingerprint density at radius 2 is 2.44 bits per heavy atom. The minimum Gasteiger partial charge on any atom is -0.370 e. The summed E-state index contributed by atoms with van der Waals surface area (Å²) in [6.45, 7) is 0.830.